The molecule has 2 heterocycles. The van der Waals surface area contributed by atoms with Gasteiger partial charge >= 0.3 is 0 Å². The first-order valence-corrected chi connectivity index (χ1v) is 6.88. The zero-order valence-electron chi connectivity index (χ0n) is 12.1. The number of nitrogens with two attached hydrogens (primary N) is 1. The highest BCUT2D eigenvalue weighted by Crippen LogP contribution is 2.30. The number of anilines is 1. The lowest BCUT2D eigenvalue weighted by Gasteiger charge is -2.10. The Balaban J connectivity index is 2.22. The van der Waals surface area contributed by atoms with E-state index in [1.54, 1.807) is 6.20 Å². The summed E-state index contributed by atoms with van der Waals surface area (Å²) in [4.78, 5) is 8.60. The van der Waals surface area contributed by atoms with Gasteiger partial charge in [0.2, 0.25) is 0 Å². The van der Waals surface area contributed by atoms with Gasteiger partial charge in [0.15, 0.2) is 0 Å². The van der Waals surface area contributed by atoms with E-state index in [1.165, 1.54) is 0 Å². The lowest BCUT2D eigenvalue weighted by atomic mass is 9.98. The average Bonchev–Trinajstić information content (AvgIpc) is 2.55. The summed E-state index contributed by atoms with van der Waals surface area (Å²) >= 11 is 0. The van der Waals surface area contributed by atoms with Crippen molar-refractivity contribution in [3.05, 3.63) is 65.9 Å². The molecule has 0 unspecified atom stereocenters. The lowest BCUT2D eigenvalue weighted by molar-refractivity contribution is 1.24. The standard InChI is InChI=1S/C18H14N4/c1-12-5-7-13(8-6-12)14-10-17(16-4-2-3-9-21-16)22-18(20)15(14)11-19/h2-10H,1H3,(H2,20,22). The molecule has 22 heavy (non-hydrogen) atoms. The minimum Gasteiger partial charge on any atom is -0.383 e. The van der Waals surface area contributed by atoms with Crippen LogP contribution in [0.2, 0.25) is 0 Å². The number of nitriles is 1. The Hall–Kier alpha value is -3.19. The number of nitrogen functional groups attached to an aromatic ring is 1. The molecule has 0 amide bonds. The summed E-state index contributed by atoms with van der Waals surface area (Å²) in [5.74, 6) is 0.223. The van der Waals surface area contributed by atoms with Crippen molar-refractivity contribution in [2.45, 2.75) is 6.92 Å². The van der Waals surface area contributed by atoms with E-state index in [9.17, 15) is 5.26 Å². The van der Waals surface area contributed by atoms with Gasteiger partial charge in [-0.25, -0.2) is 4.98 Å². The SMILES string of the molecule is Cc1ccc(-c2cc(-c3ccccn3)nc(N)c2C#N)cc1. The van der Waals surface area contributed by atoms with Gasteiger partial charge in [-0.05, 0) is 30.7 Å². The predicted molar refractivity (Wildman–Crippen MR) is 86.8 cm³/mol. The number of nitrogens with zero attached hydrogens (tertiary/aromatic N) is 3. The molecule has 2 N–H and O–H groups in total. The first kappa shape index (κ1) is 13.8. The summed E-state index contributed by atoms with van der Waals surface area (Å²) in [7, 11) is 0. The van der Waals surface area contributed by atoms with Crippen LogP contribution < -0.4 is 5.73 Å². The molecule has 0 fully saturated rings. The lowest BCUT2D eigenvalue weighted by Crippen LogP contribution is -2.00. The predicted octanol–water partition coefficient (Wildman–Crippen LogP) is 3.57. The van der Waals surface area contributed by atoms with Gasteiger partial charge in [-0.1, -0.05) is 35.9 Å². The van der Waals surface area contributed by atoms with E-state index >= 15 is 0 Å². The highest BCUT2D eigenvalue weighted by Gasteiger charge is 2.13. The monoisotopic (exact) mass is 286 g/mol. The van der Waals surface area contributed by atoms with Gasteiger partial charge in [0.1, 0.15) is 17.5 Å². The van der Waals surface area contributed by atoms with Crippen LogP contribution in [0.1, 0.15) is 11.1 Å². The zero-order valence-corrected chi connectivity index (χ0v) is 12.1. The van der Waals surface area contributed by atoms with Crippen molar-refractivity contribution < 1.29 is 0 Å². The van der Waals surface area contributed by atoms with Gasteiger partial charge in [-0.2, -0.15) is 5.26 Å². The summed E-state index contributed by atoms with van der Waals surface area (Å²) in [6.07, 6.45) is 1.71. The number of pyridine rings is 2. The van der Waals surface area contributed by atoms with E-state index in [4.69, 9.17) is 5.73 Å². The number of benzene rings is 1. The van der Waals surface area contributed by atoms with Crippen LogP contribution in [0.3, 0.4) is 0 Å². The molecule has 3 aromatic rings. The molecule has 0 saturated heterocycles. The Morgan fingerprint density at radius 1 is 1.05 bits per heavy atom. The largest absolute Gasteiger partial charge is 0.383 e. The average molecular weight is 286 g/mol. The van der Waals surface area contributed by atoms with Crippen LogP contribution in [-0.4, -0.2) is 9.97 Å². The molecule has 0 saturated carbocycles. The Bertz CT molecular complexity index is 847. The molecule has 1 aromatic carbocycles. The van der Waals surface area contributed by atoms with Gasteiger partial charge in [0.05, 0.1) is 11.4 Å². The second-order valence-electron chi connectivity index (χ2n) is 5.01. The molecule has 2 aromatic heterocycles. The molecule has 4 nitrogen and oxygen atoms in total. The van der Waals surface area contributed by atoms with E-state index in [0.717, 1.165) is 22.4 Å². The fourth-order valence-corrected chi connectivity index (χ4v) is 2.29. The van der Waals surface area contributed by atoms with Crippen molar-refractivity contribution >= 4 is 5.82 Å². The van der Waals surface area contributed by atoms with Crippen molar-refractivity contribution in [2.24, 2.45) is 0 Å². The number of hydrogen-bond acceptors (Lipinski definition) is 4. The molecular formula is C18H14N4. The highest BCUT2D eigenvalue weighted by atomic mass is 14.9. The molecule has 0 aliphatic carbocycles. The maximum absolute atomic E-state index is 9.39. The third-order valence-corrected chi connectivity index (χ3v) is 3.45. The number of rotatable bonds is 2. The third kappa shape index (κ3) is 2.52. The van der Waals surface area contributed by atoms with E-state index in [2.05, 4.69) is 16.0 Å². The van der Waals surface area contributed by atoms with Crippen LogP contribution in [-0.2, 0) is 0 Å². The molecule has 106 valence electrons. The van der Waals surface area contributed by atoms with E-state index in [0.29, 0.717) is 11.3 Å². The van der Waals surface area contributed by atoms with Crippen LogP contribution >= 0.6 is 0 Å². The summed E-state index contributed by atoms with van der Waals surface area (Å²) in [5, 5.41) is 9.39. The van der Waals surface area contributed by atoms with Gasteiger partial charge in [-0.3, -0.25) is 4.98 Å². The van der Waals surface area contributed by atoms with Crippen LogP contribution in [0.4, 0.5) is 5.82 Å². The summed E-state index contributed by atoms with van der Waals surface area (Å²) in [6.45, 7) is 2.02. The topological polar surface area (TPSA) is 75.6 Å². The Kier molecular flexibility index (Phi) is 3.55. The molecule has 0 spiro atoms. The Morgan fingerprint density at radius 2 is 1.82 bits per heavy atom. The van der Waals surface area contributed by atoms with Crippen molar-refractivity contribution in [2.75, 3.05) is 5.73 Å². The van der Waals surface area contributed by atoms with Crippen LogP contribution in [0.25, 0.3) is 22.5 Å². The van der Waals surface area contributed by atoms with Crippen molar-refractivity contribution in [1.82, 2.24) is 9.97 Å². The maximum Gasteiger partial charge on any atom is 0.142 e. The van der Waals surface area contributed by atoms with Crippen molar-refractivity contribution in [3.8, 4) is 28.6 Å². The van der Waals surface area contributed by atoms with Gasteiger partial charge in [-0.15, -0.1) is 0 Å². The molecule has 0 radical (unpaired) electrons. The molecule has 0 bridgehead atoms. The summed E-state index contributed by atoms with van der Waals surface area (Å²) in [5.41, 5.74) is 10.6. The number of aryl methyl sites for hydroxylation is 1. The normalized spacial score (nSPS) is 10.2. The minimum atomic E-state index is 0.223. The van der Waals surface area contributed by atoms with Gasteiger partial charge in [0, 0.05) is 11.8 Å². The molecule has 0 atom stereocenters. The van der Waals surface area contributed by atoms with E-state index < -0.39 is 0 Å². The van der Waals surface area contributed by atoms with Gasteiger partial charge in [0.25, 0.3) is 0 Å². The second kappa shape index (κ2) is 5.66. The molecule has 0 aliphatic heterocycles. The Morgan fingerprint density at radius 3 is 2.45 bits per heavy atom. The maximum atomic E-state index is 9.39. The number of aromatic nitrogens is 2. The van der Waals surface area contributed by atoms with Crippen molar-refractivity contribution in [1.29, 1.82) is 5.26 Å². The van der Waals surface area contributed by atoms with Crippen LogP contribution in [0.5, 0.6) is 0 Å². The summed E-state index contributed by atoms with van der Waals surface area (Å²) in [6, 6.07) is 17.6. The molecular weight excluding hydrogens is 272 g/mol. The highest BCUT2D eigenvalue weighted by molar-refractivity contribution is 5.79. The Labute approximate surface area is 128 Å². The first-order valence-electron chi connectivity index (χ1n) is 6.88. The minimum absolute atomic E-state index is 0.223. The fraction of sp³-hybridized carbons (Fsp3) is 0.0556. The first-order chi connectivity index (χ1) is 10.7. The molecule has 3 rings (SSSR count). The van der Waals surface area contributed by atoms with Crippen LogP contribution in [0.15, 0.2) is 54.7 Å². The van der Waals surface area contributed by atoms with Crippen LogP contribution in [0, 0.1) is 18.3 Å². The second-order valence-corrected chi connectivity index (χ2v) is 5.01. The van der Waals surface area contributed by atoms with E-state index in [-0.39, 0.29) is 5.82 Å². The quantitative estimate of drug-likeness (QED) is 0.781. The third-order valence-electron chi connectivity index (χ3n) is 3.45. The summed E-state index contributed by atoms with van der Waals surface area (Å²) < 4.78 is 0. The fourth-order valence-electron chi connectivity index (χ4n) is 2.29. The smallest absolute Gasteiger partial charge is 0.142 e. The van der Waals surface area contributed by atoms with Gasteiger partial charge < -0.3 is 5.73 Å². The molecule has 4 heteroatoms. The number of hydrogen-bond donors (Lipinski definition) is 1. The van der Waals surface area contributed by atoms with Crippen molar-refractivity contribution in [3.63, 3.8) is 0 Å². The zero-order chi connectivity index (χ0) is 15.5. The molecule has 0 aliphatic rings. The van der Waals surface area contributed by atoms with E-state index in [1.807, 2.05) is 55.5 Å².